The highest BCUT2D eigenvalue weighted by Crippen LogP contribution is 2.43. The van der Waals surface area contributed by atoms with E-state index in [1.165, 1.54) is 28.7 Å². The summed E-state index contributed by atoms with van der Waals surface area (Å²) in [5.41, 5.74) is 2.63. The number of ether oxygens (including phenoxy) is 4. The molecule has 3 N–H and O–H groups in total. The van der Waals surface area contributed by atoms with Crippen molar-refractivity contribution in [1.82, 2.24) is 14.7 Å². The Balaban J connectivity index is 1.38. The van der Waals surface area contributed by atoms with Crippen molar-refractivity contribution >= 4 is 55.2 Å². The number of carbonyl (C=O) groups is 1. The monoisotopic (exact) mass is 741 g/mol. The number of pyridine rings is 2. The van der Waals surface area contributed by atoms with E-state index in [0.29, 0.717) is 82.0 Å². The maximum atomic E-state index is 16.6. The van der Waals surface area contributed by atoms with Gasteiger partial charge in [-0.2, -0.15) is 0 Å². The van der Waals surface area contributed by atoms with Crippen molar-refractivity contribution in [3.8, 4) is 22.6 Å². The Morgan fingerprint density at radius 1 is 1.02 bits per heavy atom. The molecule has 4 aromatic rings. The lowest BCUT2D eigenvalue weighted by Crippen LogP contribution is -2.41. The molecule has 3 aliphatic rings. The van der Waals surface area contributed by atoms with E-state index in [2.05, 4.69) is 15.3 Å². The molecule has 0 aliphatic carbocycles. The molecule has 5 heterocycles. The minimum Gasteiger partial charge on any atom is -0.492 e. The Labute approximate surface area is 296 Å². The summed E-state index contributed by atoms with van der Waals surface area (Å²) in [6.07, 6.45) is 8.11. The van der Waals surface area contributed by atoms with Gasteiger partial charge in [0.05, 0.1) is 54.6 Å². The van der Waals surface area contributed by atoms with E-state index in [1.54, 1.807) is 24.5 Å². The number of benzene rings is 2. The number of amides is 1. The minimum absolute atomic E-state index is 0.0121. The van der Waals surface area contributed by atoms with Crippen LogP contribution in [-0.4, -0.2) is 84.5 Å². The molecule has 7 rings (SSSR count). The first-order valence-electron chi connectivity index (χ1n) is 16.4. The van der Waals surface area contributed by atoms with Gasteiger partial charge in [-0.1, -0.05) is 0 Å². The van der Waals surface area contributed by atoms with Crippen LogP contribution in [0.25, 0.3) is 22.0 Å². The van der Waals surface area contributed by atoms with Gasteiger partial charge in [-0.3, -0.25) is 23.6 Å². The van der Waals surface area contributed by atoms with Crippen molar-refractivity contribution in [1.29, 1.82) is 0 Å². The molecular formula is C34H36FN5O9S2. The highest BCUT2D eigenvalue weighted by atomic mass is 32.2. The van der Waals surface area contributed by atoms with Gasteiger partial charge >= 0.3 is 0 Å². The first kappa shape index (κ1) is 35.0. The predicted molar refractivity (Wildman–Crippen MR) is 188 cm³/mol. The molecule has 2 fully saturated rings. The summed E-state index contributed by atoms with van der Waals surface area (Å²) in [5.74, 6) is -0.706. The molecule has 17 heteroatoms. The van der Waals surface area contributed by atoms with Crippen LogP contribution in [0.3, 0.4) is 0 Å². The fourth-order valence-electron chi connectivity index (χ4n) is 6.58. The highest BCUT2D eigenvalue weighted by molar-refractivity contribution is 7.89. The van der Waals surface area contributed by atoms with Crippen LogP contribution in [0.15, 0.2) is 48.9 Å². The predicted octanol–water partition coefficient (Wildman–Crippen LogP) is 4.48. The average Bonchev–Trinajstić information content (AvgIpc) is 3.58. The lowest BCUT2D eigenvalue weighted by atomic mass is 10.0. The lowest BCUT2D eigenvalue weighted by Gasteiger charge is -2.34. The Morgan fingerprint density at radius 2 is 1.76 bits per heavy atom. The number of hydrogen-bond acceptors (Lipinski definition) is 11. The van der Waals surface area contributed by atoms with Gasteiger partial charge in [-0.05, 0) is 42.7 Å². The molecule has 2 saturated heterocycles. The molecular weight excluding hydrogens is 706 g/mol. The van der Waals surface area contributed by atoms with E-state index in [-0.39, 0.29) is 45.4 Å². The van der Waals surface area contributed by atoms with Crippen LogP contribution in [0.4, 0.5) is 21.5 Å². The molecule has 0 bridgehead atoms. The third-order valence-corrected chi connectivity index (χ3v) is 10.3. The maximum Gasteiger partial charge on any atom is 0.264 e. The minimum atomic E-state index is -3.92. The molecule has 14 nitrogen and oxygen atoms in total. The number of fused-ring (bicyclic) bond motifs is 2. The van der Waals surface area contributed by atoms with Crippen molar-refractivity contribution in [2.75, 3.05) is 48.9 Å². The summed E-state index contributed by atoms with van der Waals surface area (Å²) in [6.45, 7) is 2.20. The van der Waals surface area contributed by atoms with Gasteiger partial charge in [0.15, 0.2) is 0 Å². The molecule has 2 aromatic carbocycles. The largest absolute Gasteiger partial charge is 0.492 e. The summed E-state index contributed by atoms with van der Waals surface area (Å²) in [5, 5.41) is 3.21. The zero-order chi connectivity index (χ0) is 35.7. The van der Waals surface area contributed by atoms with Crippen molar-refractivity contribution in [2.45, 2.75) is 44.2 Å². The van der Waals surface area contributed by atoms with Crippen molar-refractivity contribution in [3.05, 3.63) is 65.9 Å². The van der Waals surface area contributed by atoms with Gasteiger partial charge in [0.1, 0.15) is 23.4 Å². The van der Waals surface area contributed by atoms with E-state index in [9.17, 15) is 22.0 Å². The van der Waals surface area contributed by atoms with Crippen LogP contribution >= 0.6 is 0 Å². The van der Waals surface area contributed by atoms with Gasteiger partial charge in [0.25, 0.3) is 17.2 Å². The number of aromatic nitrogens is 2. The number of nitrogens with one attached hydrogen (secondary N) is 2. The molecule has 270 valence electrons. The normalized spacial score (nSPS) is 17.4. The van der Waals surface area contributed by atoms with E-state index in [1.807, 2.05) is 4.72 Å². The topological polar surface area (TPSA) is 179 Å². The standard InChI is InChI=1S/C34H36FN5O9S2/c1-51(44,45)39-34(41)22-12-23(16-26(13-22)49-25-5-9-47-10-6-25)38-32-30(40(50(42)43)24-3-7-46-8-4-24)19-37-29-15-21(14-28(35)31(29)32)27-18-36-17-20-2-11-48-33(20)27/h12-19,24-25H,2-11H2,1H3,(H,37,38)(H,39,41)(H,42,43). The van der Waals surface area contributed by atoms with Crippen LogP contribution < -0.4 is 23.8 Å². The number of hydrogen-bond donors (Lipinski definition) is 3. The van der Waals surface area contributed by atoms with Crippen LogP contribution in [0, 0.1) is 5.82 Å². The van der Waals surface area contributed by atoms with Gasteiger partial charge in [0, 0.05) is 79.4 Å². The summed E-state index contributed by atoms with van der Waals surface area (Å²) in [7, 11) is -3.92. The van der Waals surface area contributed by atoms with Crippen LogP contribution in [0.1, 0.15) is 41.6 Å². The number of nitrogens with zero attached hydrogens (tertiary/aromatic N) is 3. The molecule has 51 heavy (non-hydrogen) atoms. The molecule has 1 unspecified atom stereocenters. The molecule has 2 aromatic heterocycles. The Hall–Kier alpha value is -4.42. The van der Waals surface area contributed by atoms with E-state index < -0.39 is 39.1 Å². The Bertz CT molecular complexity index is 2110. The summed E-state index contributed by atoms with van der Waals surface area (Å²) >= 11 is -2.55. The lowest BCUT2D eigenvalue weighted by molar-refractivity contribution is 0.0255. The first-order valence-corrected chi connectivity index (χ1v) is 19.4. The Kier molecular flexibility index (Phi) is 10.1. The smallest absolute Gasteiger partial charge is 0.264 e. The van der Waals surface area contributed by atoms with Crippen LogP contribution in [-0.2, 0) is 37.2 Å². The molecule has 0 radical (unpaired) electrons. The Morgan fingerprint density at radius 3 is 2.49 bits per heavy atom. The zero-order valence-electron chi connectivity index (χ0n) is 27.6. The van der Waals surface area contributed by atoms with Crippen molar-refractivity contribution in [3.63, 3.8) is 0 Å². The number of sulfonamides is 1. The number of rotatable bonds is 10. The van der Waals surface area contributed by atoms with E-state index >= 15 is 4.39 Å². The second-order valence-corrected chi connectivity index (χ2v) is 15.2. The third kappa shape index (κ3) is 7.77. The van der Waals surface area contributed by atoms with Crippen molar-refractivity contribution in [2.24, 2.45) is 0 Å². The zero-order valence-corrected chi connectivity index (χ0v) is 29.2. The van der Waals surface area contributed by atoms with E-state index in [4.69, 9.17) is 18.9 Å². The number of carbonyl (C=O) groups excluding carboxylic acids is 1. The number of anilines is 3. The van der Waals surface area contributed by atoms with E-state index in [0.717, 1.165) is 11.8 Å². The number of halogens is 1. The van der Waals surface area contributed by atoms with Crippen LogP contribution in [0.2, 0.25) is 0 Å². The summed E-state index contributed by atoms with van der Waals surface area (Å²) in [4.78, 5) is 22.0. The third-order valence-electron chi connectivity index (χ3n) is 8.92. The van der Waals surface area contributed by atoms with Gasteiger partial charge < -0.3 is 24.3 Å². The SMILES string of the molecule is CS(=O)(=O)NC(=O)c1cc(Nc2c(N(C3CCOCC3)S(=O)O)cnc3cc(-c4cncc5c4OCC5)cc(F)c23)cc(OC2CCOCC2)c1. The highest BCUT2D eigenvalue weighted by Gasteiger charge is 2.31. The fourth-order valence-corrected chi connectivity index (χ4v) is 7.81. The first-order chi connectivity index (χ1) is 24.5. The van der Waals surface area contributed by atoms with Crippen LogP contribution in [0.5, 0.6) is 11.5 Å². The maximum absolute atomic E-state index is 16.6. The second kappa shape index (κ2) is 14.7. The summed E-state index contributed by atoms with van der Waals surface area (Å²) in [6, 6.07) is 7.00. The van der Waals surface area contributed by atoms with Crippen molar-refractivity contribution < 1.29 is 45.3 Å². The molecule has 3 aliphatic heterocycles. The fraction of sp³-hybridized carbons (Fsp3) is 0.382. The molecule has 1 amide bonds. The second-order valence-electron chi connectivity index (χ2n) is 12.5. The molecule has 1 atom stereocenters. The summed E-state index contributed by atoms with van der Waals surface area (Å²) < 4.78 is 90.5. The quantitative estimate of drug-likeness (QED) is 0.195. The molecule has 0 saturated carbocycles. The molecule has 0 spiro atoms. The average molecular weight is 742 g/mol. The van der Waals surface area contributed by atoms with Gasteiger partial charge in [-0.15, -0.1) is 0 Å². The van der Waals surface area contributed by atoms with Gasteiger partial charge in [-0.25, -0.2) is 21.7 Å². The van der Waals surface area contributed by atoms with Gasteiger partial charge in [0.2, 0.25) is 10.0 Å².